The Bertz CT molecular complexity index is 410. The molecule has 0 aromatic carbocycles. The molecule has 0 radical (unpaired) electrons. The number of hydrogen-bond donors (Lipinski definition) is 1. The average molecular weight is 269 g/mol. The molecular formula is C13H21ClN4. The minimum atomic E-state index is 0.533. The van der Waals surface area contributed by atoms with Crippen LogP contribution in [0.3, 0.4) is 0 Å². The molecule has 1 aliphatic rings. The van der Waals surface area contributed by atoms with Gasteiger partial charge in [0, 0.05) is 20.1 Å². The maximum Gasteiger partial charge on any atom is 0.224 e. The van der Waals surface area contributed by atoms with Gasteiger partial charge in [-0.15, -0.1) is 0 Å². The van der Waals surface area contributed by atoms with Gasteiger partial charge < -0.3 is 10.2 Å². The molecule has 0 amide bonds. The van der Waals surface area contributed by atoms with Crippen LogP contribution in [0, 0.1) is 5.92 Å². The topological polar surface area (TPSA) is 41.1 Å². The van der Waals surface area contributed by atoms with E-state index in [0.717, 1.165) is 11.7 Å². The van der Waals surface area contributed by atoms with Gasteiger partial charge in [-0.05, 0) is 18.8 Å². The first-order valence-corrected chi connectivity index (χ1v) is 6.92. The van der Waals surface area contributed by atoms with Crippen LogP contribution in [0.15, 0.2) is 6.20 Å². The van der Waals surface area contributed by atoms with E-state index in [2.05, 4.69) is 34.2 Å². The van der Waals surface area contributed by atoms with E-state index in [1.165, 1.54) is 25.7 Å². The molecule has 5 heteroatoms. The molecule has 1 fully saturated rings. The summed E-state index contributed by atoms with van der Waals surface area (Å²) in [6, 6.07) is 0.533. The van der Waals surface area contributed by atoms with Gasteiger partial charge >= 0.3 is 0 Å². The second-order valence-electron chi connectivity index (χ2n) is 5.15. The maximum absolute atomic E-state index is 6.21. The van der Waals surface area contributed by atoms with Gasteiger partial charge in [0.1, 0.15) is 5.02 Å². The van der Waals surface area contributed by atoms with Crippen molar-refractivity contribution in [3.05, 3.63) is 11.2 Å². The third-order valence-electron chi connectivity index (χ3n) is 3.74. The van der Waals surface area contributed by atoms with Crippen molar-refractivity contribution in [3.8, 4) is 0 Å². The quantitative estimate of drug-likeness (QED) is 0.914. The fourth-order valence-corrected chi connectivity index (χ4v) is 2.88. The Morgan fingerprint density at radius 2 is 2.22 bits per heavy atom. The fraction of sp³-hybridized carbons (Fsp3) is 0.692. The van der Waals surface area contributed by atoms with Crippen molar-refractivity contribution in [2.75, 3.05) is 24.3 Å². The Morgan fingerprint density at radius 1 is 1.44 bits per heavy atom. The van der Waals surface area contributed by atoms with Crippen molar-refractivity contribution >= 4 is 23.4 Å². The highest BCUT2D eigenvalue weighted by molar-refractivity contribution is 6.32. The van der Waals surface area contributed by atoms with Crippen molar-refractivity contribution < 1.29 is 0 Å². The number of aromatic nitrogens is 2. The van der Waals surface area contributed by atoms with Gasteiger partial charge in [0.15, 0.2) is 5.82 Å². The standard InChI is InChI=1S/C13H21ClN4/c1-9-5-4-6-10(7-9)18(3)12-11(14)8-16-13(15-2)17-12/h8-10H,4-7H2,1-3H3,(H,15,16,17). The van der Waals surface area contributed by atoms with Crippen LogP contribution >= 0.6 is 11.6 Å². The first kappa shape index (κ1) is 13.4. The van der Waals surface area contributed by atoms with Crippen molar-refractivity contribution in [2.24, 2.45) is 5.92 Å². The zero-order valence-electron chi connectivity index (χ0n) is 11.3. The van der Waals surface area contributed by atoms with E-state index in [1.807, 2.05) is 7.05 Å². The Balaban J connectivity index is 2.19. The molecule has 0 spiro atoms. The second-order valence-corrected chi connectivity index (χ2v) is 5.56. The minimum Gasteiger partial charge on any atom is -0.357 e. The second kappa shape index (κ2) is 5.74. The first-order valence-electron chi connectivity index (χ1n) is 6.55. The molecule has 4 nitrogen and oxygen atoms in total. The molecule has 0 bridgehead atoms. The lowest BCUT2D eigenvalue weighted by Crippen LogP contribution is -2.36. The zero-order chi connectivity index (χ0) is 13.1. The molecule has 18 heavy (non-hydrogen) atoms. The smallest absolute Gasteiger partial charge is 0.224 e. The van der Waals surface area contributed by atoms with Gasteiger partial charge in [-0.25, -0.2) is 4.98 Å². The maximum atomic E-state index is 6.21. The van der Waals surface area contributed by atoms with Crippen LogP contribution in [0.4, 0.5) is 11.8 Å². The number of anilines is 2. The Morgan fingerprint density at radius 3 is 2.89 bits per heavy atom. The highest BCUT2D eigenvalue weighted by Crippen LogP contribution is 2.31. The molecule has 1 saturated carbocycles. The highest BCUT2D eigenvalue weighted by atomic mass is 35.5. The van der Waals surface area contributed by atoms with Gasteiger partial charge in [0.2, 0.25) is 5.95 Å². The van der Waals surface area contributed by atoms with E-state index < -0.39 is 0 Å². The molecule has 100 valence electrons. The molecule has 1 aliphatic carbocycles. The van der Waals surface area contributed by atoms with Gasteiger partial charge in [-0.3, -0.25) is 0 Å². The summed E-state index contributed by atoms with van der Waals surface area (Å²) >= 11 is 6.21. The third kappa shape index (κ3) is 2.86. The Labute approximate surface area is 114 Å². The Hall–Kier alpha value is -1.03. The summed E-state index contributed by atoms with van der Waals surface area (Å²) in [6.45, 7) is 2.32. The lowest BCUT2D eigenvalue weighted by atomic mass is 9.86. The third-order valence-corrected chi connectivity index (χ3v) is 4.01. The summed E-state index contributed by atoms with van der Waals surface area (Å²) in [5.41, 5.74) is 0. The largest absolute Gasteiger partial charge is 0.357 e. The number of nitrogens with zero attached hydrogens (tertiary/aromatic N) is 3. The van der Waals surface area contributed by atoms with Crippen LogP contribution in [0.1, 0.15) is 32.6 Å². The molecule has 2 atom stereocenters. The van der Waals surface area contributed by atoms with Gasteiger partial charge in [0.25, 0.3) is 0 Å². The van der Waals surface area contributed by atoms with Crippen molar-refractivity contribution in [1.82, 2.24) is 9.97 Å². The number of hydrogen-bond acceptors (Lipinski definition) is 4. The predicted molar refractivity (Wildman–Crippen MR) is 76.4 cm³/mol. The average Bonchev–Trinajstić information content (AvgIpc) is 2.38. The SMILES string of the molecule is CNc1ncc(Cl)c(N(C)C2CCCC(C)C2)n1. The van der Waals surface area contributed by atoms with Crippen LogP contribution in [0.25, 0.3) is 0 Å². The molecule has 1 aromatic rings. The van der Waals surface area contributed by atoms with Crippen LogP contribution in [0.2, 0.25) is 5.02 Å². The van der Waals surface area contributed by atoms with E-state index in [0.29, 0.717) is 17.0 Å². The number of halogens is 1. The summed E-state index contributed by atoms with van der Waals surface area (Å²) in [7, 11) is 3.89. The van der Waals surface area contributed by atoms with Gasteiger partial charge in [-0.1, -0.05) is 31.4 Å². The summed E-state index contributed by atoms with van der Waals surface area (Å²) in [4.78, 5) is 10.8. The molecule has 2 unspecified atom stereocenters. The molecule has 0 aliphatic heterocycles. The predicted octanol–water partition coefficient (Wildman–Crippen LogP) is 3.19. The first-order chi connectivity index (χ1) is 8.61. The lowest BCUT2D eigenvalue weighted by molar-refractivity contribution is 0.335. The molecule has 2 rings (SSSR count). The van der Waals surface area contributed by atoms with E-state index in [9.17, 15) is 0 Å². The van der Waals surface area contributed by atoms with Crippen molar-refractivity contribution in [3.63, 3.8) is 0 Å². The monoisotopic (exact) mass is 268 g/mol. The van der Waals surface area contributed by atoms with Crippen molar-refractivity contribution in [2.45, 2.75) is 38.6 Å². The molecule has 1 aromatic heterocycles. The summed E-state index contributed by atoms with van der Waals surface area (Å²) < 4.78 is 0. The Kier molecular flexibility index (Phi) is 4.27. The summed E-state index contributed by atoms with van der Waals surface area (Å²) in [6.07, 6.45) is 6.72. The van der Waals surface area contributed by atoms with E-state index >= 15 is 0 Å². The van der Waals surface area contributed by atoms with Crippen LogP contribution in [-0.2, 0) is 0 Å². The zero-order valence-corrected chi connectivity index (χ0v) is 12.0. The van der Waals surface area contributed by atoms with Crippen LogP contribution < -0.4 is 10.2 Å². The lowest BCUT2D eigenvalue weighted by Gasteiger charge is -2.35. The number of nitrogens with one attached hydrogen (secondary N) is 1. The number of rotatable bonds is 3. The molecule has 0 saturated heterocycles. The molecular weight excluding hydrogens is 248 g/mol. The van der Waals surface area contributed by atoms with E-state index in [-0.39, 0.29) is 0 Å². The van der Waals surface area contributed by atoms with Gasteiger partial charge in [0.05, 0.1) is 6.20 Å². The molecule has 1 heterocycles. The van der Waals surface area contributed by atoms with Crippen LogP contribution in [0.5, 0.6) is 0 Å². The van der Waals surface area contributed by atoms with Gasteiger partial charge in [-0.2, -0.15) is 4.98 Å². The molecule has 1 N–H and O–H groups in total. The fourth-order valence-electron chi connectivity index (χ4n) is 2.65. The normalized spacial score (nSPS) is 23.8. The van der Waals surface area contributed by atoms with E-state index in [1.54, 1.807) is 6.20 Å². The van der Waals surface area contributed by atoms with Crippen LogP contribution in [-0.4, -0.2) is 30.1 Å². The van der Waals surface area contributed by atoms with Crippen molar-refractivity contribution in [1.29, 1.82) is 0 Å². The highest BCUT2D eigenvalue weighted by Gasteiger charge is 2.24. The summed E-state index contributed by atoms with van der Waals surface area (Å²) in [5, 5.41) is 3.57. The van der Waals surface area contributed by atoms with E-state index in [4.69, 9.17) is 11.6 Å². The summed E-state index contributed by atoms with van der Waals surface area (Å²) in [5.74, 6) is 2.23. The minimum absolute atomic E-state index is 0.533.